The molecule has 3 aromatic carbocycles. The highest BCUT2D eigenvalue weighted by Crippen LogP contribution is 2.50. The molecule has 1 aliphatic heterocycles. The van der Waals surface area contributed by atoms with Crippen molar-refractivity contribution >= 4 is 11.9 Å². The molecule has 4 rings (SSSR count). The van der Waals surface area contributed by atoms with E-state index in [0.717, 1.165) is 17.0 Å². The van der Waals surface area contributed by atoms with E-state index in [4.69, 9.17) is 9.47 Å². The van der Waals surface area contributed by atoms with Crippen molar-refractivity contribution in [3.05, 3.63) is 88.7 Å². The van der Waals surface area contributed by atoms with Crippen LogP contribution < -0.4 is 14.8 Å². The van der Waals surface area contributed by atoms with Crippen LogP contribution in [0.2, 0.25) is 0 Å². The summed E-state index contributed by atoms with van der Waals surface area (Å²) in [6.45, 7) is 6.30. The zero-order valence-electron chi connectivity index (χ0n) is 25.1. The number of aliphatic hydroxyl groups is 1. The molecular weight excluding hydrogens is 625 g/mol. The van der Waals surface area contributed by atoms with Gasteiger partial charge in [-0.05, 0) is 80.3 Å². The first kappa shape index (κ1) is 34.5. The van der Waals surface area contributed by atoms with Crippen molar-refractivity contribution < 1.29 is 54.9 Å². The predicted octanol–water partition coefficient (Wildman–Crippen LogP) is 7.64. The Morgan fingerprint density at radius 2 is 1.59 bits per heavy atom. The molecule has 1 aliphatic rings. The lowest BCUT2D eigenvalue weighted by atomic mass is 9.90. The van der Waals surface area contributed by atoms with Gasteiger partial charge in [0.1, 0.15) is 17.0 Å². The highest BCUT2D eigenvalue weighted by atomic mass is 19.4. The fraction of sp³-hybridized carbons (Fsp3) is 0.375. The Hall–Kier alpha value is -4.33. The molecule has 248 valence electrons. The lowest BCUT2D eigenvalue weighted by molar-refractivity contribution is -0.376. The van der Waals surface area contributed by atoms with Crippen LogP contribution in [0.5, 0.6) is 17.2 Å². The molecular formula is C32H31F7N2O5. The SMILES string of the molecule is CCCc1cc(C(O)(C(F)(F)F)C(F)(F)F)ccc1Oc1cccc(CN2C(=O)NC(C)(c3ccc(OC(C)C)c(F)c3)C2=O)c1. The highest BCUT2D eigenvalue weighted by molar-refractivity contribution is 6.07. The van der Waals surface area contributed by atoms with Gasteiger partial charge in [-0.25, -0.2) is 9.18 Å². The number of imide groups is 1. The van der Waals surface area contributed by atoms with Gasteiger partial charge in [-0.1, -0.05) is 37.6 Å². The molecule has 2 N–H and O–H groups in total. The van der Waals surface area contributed by atoms with E-state index >= 15 is 0 Å². The Balaban J connectivity index is 1.58. The number of alkyl halides is 6. The van der Waals surface area contributed by atoms with Crippen molar-refractivity contribution in [1.82, 2.24) is 10.2 Å². The summed E-state index contributed by atoms with van der Waals surface area (Å²) in [4.78, 5) is 27.2. The summed E-state index contributed by atoms with van der Waals surface area (Å²) in [6.07, 6.45) is -12.0. The minimum absolute atomic E-state index is 0.0130. The lowest BCUT2D eigenvalue weighted by Gasteiger charge is -2.33. The third kappa shape index (κ3) is 6.48. The summed E-state index contributed by atoms with van der Waals surface area (Å²) in [5.74, 6) is -1.33. The summed E-state index contributed by atoms with van der Waals surface area (Å²) >= 11 is 0. The molecule has 1 atom stereocenters. The molecule has 1 unspecified atom stereocenters. The number of amides is 3. The first-order valence-electron chi connectivity index (χ1n) is 14.2. The first-order chi connectivity index (χ1) is 21.3. The molecule has 0 radical (unpaired) electrons. The molecule has 14 heteroatoms. The lowest BCUT2D eigenvalue weighted by Crippen LogP contribution is -2.53. The van der Waals surface area contributed by atoms with Crippen LogP contribution >= 0.6 is 0 Å². The Bertz CT molecular complexity index is 1610. The van der Waals surface area contributed by atoms with Crippen molar-refractivity contribution in [1.29, 1.82) is 0 Å². The van der Waals surface area contributed by atoms with Gasteiger partial charge in [0.2, 0.25) is 0 Å². The minimum Gasteiger partial charge on any atom is -0.488 e. The standard InChI is InChI=1S/C32H31F7N2O5/c1-5-7-20-15-22(30(44,31(34,35)36)32(37,38)39)11-12-25(20)46-23-9-6-8-19(14-23)17-41-27(42)29(4,40-28(41)43)21-10-13-26(24(33)16-21)45-18(2)3/h6,8-16,18,44H,5,7,17H2,1-4H3,(H,40,43). The van der Waals surface area contributed by atoms with Crippen molar-refractivity contribution in [3.63, 3.8) is 0 Å². The zero-order chi connectivity index (χ0) is 34.2. The monoisotopic (exact) mass is 656 g/mol. The number of carbonyl (C=O) groups excluding carboxylic acids is 2. The Kier molecular flexibility index (Phi) is 9.36. The Morgan fingerprint density at radius 1 is 0.935 bits per heavy atom. The van der Waals surface area contributed by atoms with Crippen LogP contribution in [0.4, 0.5) is 35.5 Å². The van der Waals surface area contributed by atoms with Gasteiger partial charge in [-0.2, -0.15) is 26.3 Å². The summed E-state index contributed by atoms with van der Waals surface area (Å²) in [5, 5.41) is 12.4. The average molecular weight is 657 g/mol. The number of urea groups is 1. The van der Waals surface area contributed by atoms with E-state index in [2.05, 4.69) is 5.32 Å². The van der Waals surface area contributed by atoms with E-state index in [-0.39, 0.29) is 47.4 Å². The van der Waals surface area contributed by atoms with Crippen LogP contribution in [0, 0.1) is 5.82 Å². The average Bonchev–Trinajstić information content (AvgIpc) is 3.17. The van der Waals surface area contributed by atoms with Gasteiger partial charge >= 0.3 is 18.4 Å². The number of hydrogen-bond donors (Lipinski definition) is 2. The minimum atomic E-state index is -6.04. The maximum Gasteiger partial charge on any atom is 0.430 e. The van der Waals surface area contributed by atoms with Gasteiger partial charge in [0.15, 0.2) is 11.6 Å². The number of hydrogen-bond acceptors (Lipinski definition) is 5. The number of aryl methyl sites for hydroxylation is 1. The smallest absolute Gasteiger partial charge is 0.430 e. The maximum absolute atomic E-state index is 14.7. The Morgan fingerprint density at radius 3 is 2.17 bits per heavy atom. The van der Waals surface area contributed by atoms with Crippen molar-refractivity contribution in [3.8, 4) is 17.2 Å². The van der Waals surface area contributed by atoms with Crippen molar-refractivity contribution in [2.24, 2.45) is 0 Å². The number of ether oxygens (including phenoxy) is 2. The molecule has 0 spiro atoms. The van der Waals surface area contributed by atoms with Crippen LogP contribution in [0.25, 0.3) is 0 Å². The van der Waals surface area contributed by atoms with Gasteiger partial charge < -0.3 is 19.9 Å². The second-order valence-corrected chi connectivity index (χ2v) is 11.3. The topological polar surface area (TPSA) is 88.1 Å². The van der Waals surface area contributed by atoms with Gasteiger partial charge in [0, 0.05) is 5.56 Å². The van der Waals surface area contributed by atoms with Gasteiger partial charge in [-0.15, -0.1) is 0 Å². The molecule has 3 aromatic rings. The maximum atomic E-state index is 14.7. The molecule has 0 aromatic heterocycles. The number of rotatable bonds is 10. The summed E-state index contributed by atoms with van der Waals surface area (Å²) in [5.41, 5.74) is -7.51. The van der Waals surface area contributed by atoms with Crippen molar-refractivity contribution in [2.45, 2.75) is 76.7 Å². The van der Waals surface area contributed by atoms with E-state index in [9.17, 15) is 45.4 Å². The normalized spacial score (nSPS) is 17.5. The van der Waals surface area contributed by atoms with E-state index < -0.39 is 46.8 Å². The van der Waals surface area contributed by atoms with Crippen LogP contribution in [-0.2, 0) is 28.9 Å². The van der Waals surface area contributed by atoms with E-state index in [1.165, 1.54) is 37.3 Å². The van der Waals surface area contributed by atoms with Crippen LogP contribution in [0.1, 0.15) is 56.4 Å². The highest BCUT2D eigenvalue weighted by Gasteiger charge is 2.71. The summed E-state index contributed by atoms with van der Waals surface area (Å²) in [7, 11) is 0. The Labute approximate surface area is 259 Å². The molecule has 0 bridgehead atoms. The quantitative estimate of drug-likeness (QED) is 0.173. The predicted molar refractivity (Wildman–Crippen MR) is 152 cm³/mol. The second kappa shape index (κ2) is 12.5. The summed E-state index contributed by atoms with van der Waals surface area (Å²) < 4.78 is 107. The molecule has 7 nitrogen and oxygen atoms in total. The number of nitrogens with one attached hydrogen (secondary N) is 1. The molecule has 1 fully saturated rings. The number of carbonyl (C=O) groups is 2. The third-order valence-electron chi connectivity index (χ3n) is 7.43. The van der Waals surface area contributed by atoms with Gasteiger partial charge in [0.25, 0.3) is 11.5 Å². The second-order valence-electron chi connectivity index (χ2n) is 11.3. The summed E-state index contributed by atoms with van der Waals surface area (Å²) in [6, 6.07) is 11.2. The molecule has 1 heterocycles. The third-order valence-corrected chi connectivity index (χ3v) is 7.43. The molecule has 1 saturated heterocycles. The van der Waals surface area contributed by atoms with E-state index in [0.29, 0.717) is 24.1 Å². The van der Waals surface area contributed by atoms with Crippen LogP contribution in [-0.4, -0.2) is 40.4 Å². The fourth-order valence-corrected chi connectivity index (χ4v) is 5.07. The first-order valence-corrected chi connectivity index (χ1v) is 14.2. The zero-order valence-corrected chi connectivity index (χ0v) is 25.1. The van der Waals surface area contributed by atoms with Crippen molar-refractivity contribution in [2.75, 3.05) is 0 Å². The number of benzene rings is 3. The molecule has 3 amide bonds. The van der Waals surface area contributed by atoms with E-state index in [1.807, 2.05) is 0 Å². The fourth-order valence-electron chi connectivity index (χ4n) is 5.07. The van der Waals surface area contributed by atoms with Crippen LogP contribution in [0.15, 0.2) is 60.7 Å². The number of nitrogens with zero attached hydrogens (tertiary/aromatic N) is 1. The molecule has 0 aliphatic carbocycles. The van der Waals surface area contributed by atoms with E-state index in [1.54, 1.807) is 26.8 Å². The van der Waals surface area contributed by atoms with Gasteiger partial charge in [0.05, 0.1) is 12.6 Å². The number of halogens is 7. The molecule has 46 heavy (non-hydrogen) atoms. The largest absolute Gasteiger partial charge is 0.488 e. The van der Waals surface area contributed by atoms with Gasteiger partial charge in [-0.3, -0.25) is 9.69 Å². The molecule has 0 saturated carbocycles. The van der Waals surface area contributed by atoms with Crippen LogP contribution in [0.3, 0.4) is 0 Å².